The highest BCUT2D eigenvalue weighted by molar-refractivity contribution is 5.82. The van der Waals surface area contributed by atoms with Crippen LogP contribution in [-0.4, -0.2) is 16.8 Å². The zero-order valence-electron chi connectivity index (χ0n) is 8.84. The summed E-state index contributed by atoms with van der Waals surface area (Å²) < 4.78 is 25.1. The molecule has 2 rings (SSSR count). The predicted octanol–water partition coefficient (Wildman–Crippen LogP) is 1.66. The van der Waals surface area contributed by atoms with Crippen molar-refractivity contribution in [3.8, 4) is 0 Å². The molecule has 0 saturated heterocycles. The number of amides is 1. The first kappa shape index (κ1) is 11.0. The Labute approximate surface area is 91.9 Å². The standard InChI is InChI=1S/C11H12F2N2O/c1-7-2-3-8(14-5-7)6-15-10(16)9-4-11(9,12)13/h2-3,5,9H,4,6H2,1H3,(H,15,16). The summed E-state index contributed by atoms with van der Waals surface area (Å²) in [4.78, 5) is 15.3. The van der Waals surface area contributed by atoms with Crippen molar-refractivity contribution in [2.24, 2.45) is 5.92 Å². The van der Waals surface area contributed by atoms with E-state index in [1.807, 2.05) is 13.0 Å². The Morgan fingerprint density at radius 1 is 1.62 bits per heavy atom. The van der Waals surface area contributed by atoms with Crippen LogP contribution in [0.3, 0.4) is 0 Å². The van der Waals surface area contributed by atoms with Crippen molar-refractivity contribution in [3.05, 3.63) is 29.6 Å². The van der Waals surface area contributed by atoms with Crippen molar-refractivity contribution in [1.82, 2.24) is 10.3 Å². The fourth-order valence-corrected chi connectivity index (χ4v) is 1.40. The molecule has 1 fully saturated rings. The summed E-state index contributed by atoms with van der Waals surface area (Å²) in [5.74, 6) is -4.53. The Morgan fingerprint density at radius 3 is 2.81 bits per heavy atom. The summed E-state index contributed by atoms with van der Waals surface area (Å²) in [6, 6.07) is 3.63. The zero-order chi connectivity index (χ0) is 11.8. The van der Waals surface area contributed by atoms with Gasteiger partial charge in [-0.15, -0.1) is 0 Å². The second-order valence-electron chi connectivity index (χ2n) is 4.06. The topological polar surface area (TPSA) is 42.0 Å². The Balaban J connectivity index is 1.84. The second-order valence-corrected chi connectivity index (χ2v) is 4.06. The molecule has 0 radical (unpaired) electrons. The number of hydrogen-bond acceptors (Lipinski definition) is 2. The highest BCUT2D eigenvalue weighted by atomic mass is 19.3. The van der Waals surface area contributed by atoms with Crippen molar-refractivity contribution >= 4 is 5.91 Å². The normalized spacial score (nSPS) is 21.6. The van der Waals surface area contributed by atoms with Crippen LogP contribution in [0.1, 0.15) is 17.7 Å². The number of rotatable bonds is 3. The third-order valence-corrected chi connectivity index (χ3v) is 2.56. The minimum Gasteiger partial charge on any atom is -0.350 e. The van der Waals surface area contributed by atoms with Crippen LogP contribution in [0.5, 0.6) is 0 Å². The molecular weight excluding hydrogens is 214 g/mol. The number of nitrogens with one attached hydrogen (secondary N) is 1. The van der Waals surface area contributed by atoms with Crippen LogP contribution in [0.2, 0.25) is 0 Å². The molecule has 0 spiro atoms. The minimum absolute atomic E-state index is 0.200. The van der Waals surface area contributed by atoms with Crippen LogP contribution >= 0.6 is 0 Å². The molecule has 1 N–H and O–H groups in total. The number of aromatic nitrogens is 1. The molecule has 0 aliphatic heterocycles. The predicted molar refractivity (Wildman–Crippen MR) is 53.9 cm³/mol. The first-order valence-corrected chi connectivity index (χ1v) is 5.06. The first-order chi connectivity index (χ1) is 7.49. The molecule has 1 heterocycles. The number of aryl methyl sites for hydroxylation is 1. The van der Waals surface area contributed by atoms with Gasteiger partial charge in [0.05, 0.1) is 12.2 Å². The Kier molecular flexibility index (Phi) is 2.61. The van der Waals surface area contributed by atoms with Crippen molar-refractivity contribution in [1.29, 1.82) is 0 Å². The van der Waals surface area contributed by atoms with E-state index < -0.39 is 17.7 Å². The Bertz CT molecular complexity index is 403. The summed E-state index contributed by atoms with van der Waals surface area (Å²) in [5, 5.41) is 2.45. The maximum atomic E-state index is 12.5. The van der Waals surface area contributed by atoms with E-state index in [0.717, 1.165) is 5.56 Å². The fraction of sp³-hybridized carbons (Fsp3) is 0.455. The van der Waals surface area contributed by atoms with Gasteiger partial charge in [0.1, 0.15) is 5.92 Å². The molecule has 1 saturated carbocycles. The van der Waals surface area contributed by atoms with Crippen molar-refractivity contribution in [3.63, 3.8) is 0 Å². The third kappa shape index (κ3) is 2.35. The zero-order valence-corrected chi connectivity index (χ0v) is 8.84. The Hall–Kier alpha value is -1.52. The van der Waals surface area contributed by atoms with Crippen molar-refractivity contribution in [2.45, 2.75) is 25.8 Å². The maximum Gasteiger partial charge on any atom is 0.260 e. The van der Waals surface area contributed by atoms with Gasteiger partial charge >= 0.3 is 0 Å². The number of nitrogens with zero attached hydrogens (tertiary/aromatic N) is 1. The molecule has 1 aliphatic rings. The van der Waals surface area contributed by atoms with Gasteiger partial charge in [0.15, 0.2) is 0 Å². The van der Waals surface area contributed by atoms with Crippen LogP contribution in [0, 0.1) is 12.8 Å². The van der Waals surface area contributed by atoms with Crippen LogP contribution in [0.15, 0.2) is 18.3 Å². The van der Waals surface area contributed by atoms with E-state index in [9.17, 15) is 13.6 Å². The van der Waals surface area contributed by atoms with Crippen molar-refractivity contribution in [2.75, 3.05) is 0 Å². The average molecular weight is 226 g/mol. The minimum atomic E-state index is -2.80. The van der Waals surface area contributed by atoms with Gasteiger partial charge in [-0.25, -0.2) is 8.78 Å². The van der Waals surface area contributed by atoms with Gasteiger partial charge in [0, 0.05) is 12.6 Å². The lowest BCUT2D eigenvalue weighted by atomic mass is 10.2. The lowest BCUT2D eigenvalue weighted by molar-refractivity contribution is -0.124. The highest BCUT2D eigenvalue weighted by Crippen LogP contribution is 2.48. The molecule has 1 aliphatic carbocycles. The molecule has 5 heteroatoms. The largest absolute Gasteiger partial charge is 0.350 e. The molecular formula is C11H12F2N2O. The van der Waals surface area contributed by atoms with Gasteiger partial charge in [-0.3, -0.25) is 9.78 Å². The second kappa shape index (κ2) is 3.81. The molecule has 86 valence electrons. The van der Waals surface area contributed by atoms with Gasteiger partial charge in [0.25, 0.3) is 5.92 Å². The van der Waals surface area contributed by atoms with Gasteiger partial charge in [-0.2, -0.15) is 0 Å². The summed E-state index contributed by atoms with van der Waals surface area (Å²) in [5.41, 5.74) is 1.69. The molecule has 1 aromatic heterocycles. The lowest BCUT2D eigenvalue weighted by Gasteiger charge is -2.04. The van der Waals surface area contributed by atoms with Gasteiger partial charge in [-0.1, -0.05) is 6.07 Å². The smallest absolute Gasteiger partial charge is 0.260 e. The van der Waals surface area contributed by atoms with E-state index in [0.29, 0.717) is 5.69 Å². The number of pyridine rings is 1. The number of carbonyl (C=O) groups is 1. The maximum absolute atomic E-state index is 12.5. The fourth-order valence-electron chi connectivity index (χ4n) is 1.40. The molecule has 1 amide bonds. The first-order valence-electron chi connectivity index (χ1n) is 5.06. The van der Waals surface area contributed by atoms with E-state index in [1.54, 1.807) is 12.3 Å². The molecule has 0 aromatic carbocycles. The van der Waals surface area contributed by atoms with Crippen LogP contribution in [-0.2, 0) is 11.3 Å². The van der Waals surface area contributed by atoms with Crippen LogP contribution in [0.4, 0.5) is 8.78 Å². The molecule has 1 unspecified atom stereocenters. The summed E-state index contributed by atoms with van der Waals surface area (Å²) in [6.07, 6.45) is 1.34. The Morgan fingerprint density at radius 2 is 2.31 bits per heavy atom. The van der Waals surface area contributed by atoms with Gasteiger partial charge in [0.2, 0.25) is 5.91 Å². The number of carbonyl (C=O) groups excluding carboxylic acids is 1. The quantitative estimate of drug-likeness (QED) is 0.851. The lowest BCUT2D eigenvalue weighted by Crippen LogP contribution is -2.26. The van der Waals surface area contributed by atoms with Crippen molar-refractivity contribution < 1.29 is 13.6 Å². The van der Waals surface area contributed by atoms with E-state index in [4.69, 9.17) is 0 Å². The summed E-state index contributed by atoms with van der Waals surface area (Å²) in [7, 11) is 0. The molecule has 16 heavy (non-hydrogen) atoms. The highest BCUT2D eigenvalue weighted by Gasteiger charge is 2.61. The molecule has 0 bridgehead atoms. The van der Waals surface area contributed by atoms with E-state index in [-0.39, 0.29) is 13.0 Å². The van der Waals surface area contributed by atoms with E-state index in [2.05, 4.69) is 10.3 Å². The third-order valence-electron chi connectivity index (χ3n) is 2.56. The average Bonchev–Trinajstić information content (AvgIpc) is 2.87. The van der Waals surface area contributed by atoms with Crippen LogP contribution in [0.25, 0.3) is 0 Å². The number of hydrogen-bond donors (Lipinski definition) is 1. The monoisotopic (exact) mass is 226 g/mol. The molecule has 1 aromatic rings. The number of alkyl halides is 2. The molecule has 3 nitrogen and oxygen atoms in total. The molecule has 1 atom stereocenters. The van der Waals surface area contributed by atoms with Gasteiger partial charge < -0.3 is 5.32 Å². The SMILES string of the molecule is Cc1ccc(CNC(=O)C2CC2(F)F)nc1. The van der Waals surface area contributed by atoms with E-state index in [1.165, 1.54) is 0 Å². The van der Waals surface area contributed by atoms with Gasteiger partial charge in [-0.05, 0) is 18.6 Å². The van der Waals surface area contributed by atoms with E-state index >= 15 is 0 Å². The summed E-state index contributed by atoms with van der Waals surface area (Å²) >= 11 is 0. The van der Waals surface area contributed by atoms with Crippen LogP contribution < -0.4 is 5.32 Å². The summed E-state index contributed by atoms with van der Waals surface area (Å²) in [6.45, 7) is 2.10. The number of halogens is 2.